The summed E-state index contributed by atoms with van der Waals surface area (Å²) in [6, 6.07) is 8.66. The van der Waals surface area contributed by atoms with Crippen LogP contribution in [0.5, 0.6) is 0 Å². The number of nitrogens with two attached hydrogens (primary N) is 1. The average Bonchev–Trinajstić information content (AvgIpc) is 1.90. The molecule has 0 aliphatic carbocycles. The van der Waals surface area contributed by atoms with Gasteiger partial charge in [0, 0.05) is 5.56 Å². The molecule has 1 rings (SSSR count). The van der Waals surface area contributed by atoms with Crippen molar-refractivity contribution in [2.75, 3.05) is 0 Å². The van der Waals surface area contributed by atoms with Gasteiger partial charge in [-0.25, -0.2) is 4.39 Å². The Balaban J connectivity index is 0.000000810. The molecule has 3 heteroatoms. The van der Waals surface area contributed by atoms with Gasteiger partial charge in [0.15, 0.2) is 6.30 Å². The lowest BCUT2D eigenvalue weighted by Gasteiger charge is -1.98. The fourth-order valence-corrected chi connectivity index (χ4v) is 0.637. The van der Waals surface area contributed by atoms with E-state index in [2.05, 4.69) is 0 Å². The molecule has 1 aromatic rings. The molecule has 0 radical (unpaired) electrons. The fraction of sp³-hybridized carbons (Fsp3) is 0.143. The summed E-state index contributed by atoms with van der Waals surface area (Å²) < 4.78 is 12.2. The van der Waals surface area contributed by atoms with E-state index < -0.39 is 6.30 Å². The van der Waals surface area contributed by atoms with Crippen molar-refractivity contribution < 1.29 is 4.39 Å². The molecule has 0 spiro atoms. The van der Waals surface area contributed by atoms with E-state index in [1.165, 1.54) is 0 Å². The maximum Gasteiger partial charge on any atom is 0.174 e. The third kappa shape index (κ3) is 2.62. The Morgan fingerprint density at radius 3 is 2.00 bits per heavy atom. The molecule has 1 atom stereocenters. The number of alkyl halides is 1. The van der Waals surface area contributed by atoms with Crippen molar-refractivity contribution in [1.82, 2.24) is 0 Å². The second-order valence-electron chi connectivity index (χ2n) is 1.81. The zero-order valence-corrected chi connectivity index (χ0v) is 7.66. The van der Waals surface area contributed by atoms with Gasteiger partial charge in [-0.1, -0.05) is 30.3 Å². The fourth-order valence-electron chi connectivity index (χ4n) is 0.637. The monoisotopic (exact) mass is 253 g/mol. The molecule has 0 aromatic heterocycles. The molecule has 0 heterocycles. The van der Waals surface area contributed by atoms with E-state index in [4.69, 9.17) is 5.73 Å². The second kappa shape index (κ2) is 4.62. The van der Waals surface area contributed by atoms with E-state index in [0.717, 1.165) is 0 Å². The van der Waals surface area contributed by atoms with Gasteiger partial charge in [0.25, 0.3) is 0 Å². The van der Waals surface area contributed by atoms with Crippen LogP contribution < -0.4 is 5.73 Å². The van der Waals surface area contributed by atoms with Gasteiger partial charge in [-0.05, 0) is 0 Å². The summed E-state index contributed by atoms with van der Waals surface area (Å²) in [4.78, 5) is 0. The summed E-state index contributed by atoms with van der Waals surface area (Å²) in [5.74, 6) is 0. The molecule has 1 nitrogen and oxygen atoms in total. The summed E-state index contributed by atoms with van der Waals surface area (Å²) in [5.41, 5.74) is 5.47. The van der Waals surface area contributed by atoms with Gasteiger partial charge >= 0.3 is 0 Å². The highest BCUT2D eigenvalue weighted by molar-refractivity contribution is 14.0. The third-order valence-corrected chi connectivity index (χ3v) is 1.12. The maximum atomic E-state index is 12.2. The molecular formula is C7H9FIN. The zero-order chi connectivity index (χ0) is 6.69. The standard InChI is InChI=1S/C7H8FN.HI/c8-7(9)6-4-2-1-3-5-6;/h1-5,7H,9H2;1H. The van der Waals surface area contributed by atoms with Crippen LogP contribution in [0.15, 0.2) is 30.3 Å². The maximum absolute atomic E-state index is 12.2. The average molecular weight is 253 g/mol. The van der Waals surface area contributed by atoms with Crippen LogP contribution in [-0.2, 0) is 0 Å². The van der Waals surface area contributed by atoms with Gasteiger partial charge in [0.2, 0.25) is 0 Å². The summed E-state index contributed by atoms with van der Waals surface area (Å²) in [6.07, 6.45) is -1.34. The Morgan fingerprint density at radius 2 is 1.70 bits per heavy atom. The summed E-state index contributed by atoms with van der Waals surface area (Å²) in [7, 11) is 0. The van der Waals surface area contributed by atoms with Gasteiger partial charge in [0.1, 0.15) is 0 Å². The van der Waals surface area contributed by atoms with E-state index in [1.807, 2.05) is 6.07 Å². The number of benzene rings is 1. The summed E-state index contributed by atoms with van der Waals surface area (Å²) >= 11 is 0. The zero-order valence-electron chi connectivity index (χ0n) is 5.33. The first-order chi connectivity index (χ1) is 4.30. The third-order valence-electron chi connectivity index (χ3n) is 1.12. The quantitative estimate of drug-likeness (QED) is 0.602. The molecule has 0 amide bonds. The summed E-state index contributed by atoms with van der Waals surface area (Å²) in [5, 5.41) is 0. The molecule has 1 unspecified atom stereocenters. The molecule has 0 fully saturated rings. The van der Waals surface area contributed by atoms with Crippen molar-refractivity contribution in [1.29, 1.82) is 0 Å². The molecular weight excluding hydrogens is 244 g/mol. The molecule has 1 aromatic carbocycles. The SMILES string of the molecule is I.NC(F)c1ccccc1. The van der Waals surface area contributed by atoms with Gasteiger partial charge in [-0.15, -0.1) is 24.0 Å². The first-order valence-electron chi connectivity index (χ1n) is 2.75. The molecule has 0 aliphatic rings. The van der Waals surface area contributed by atoms with E-state index in [-0.39, 0.29) is 24.0 Å². The molecule has 0 saturated carbocycles. The Labute approximate surface area is 76.4 Å². The smallest absolute Gasteiger partial charge is 0.174 e. The Kier molecular flexibility index (Phi) is 4.55. The van der Waals surface area contributed by atoms with Gasteiger partial charge in [-0.2, -0.15) is 0 Å². The minimum absolute atomic E-state index is 0. The lowest BCUT2D eigenvalue weighted by Crippen LogP contribution is -2.01. The van der Waals surface area contributed by atoms with Crippen molar-refractivity contribution in [3.8, 4) is 0 Å². The van der Waals surface area contributed by atoms with Crippen LogP contribution in [0.2, 0.25) is 0 Å². The Hall–Kier alpha value is -0.160. The van der Waals surface area contributed by atoms with E-state index in [1.54, 1.807) is 24.3 Å². The van der Waals surface area contributed by atoms with Crippen LogP contribution in [0.3, 0.4) is 0 Å². The summed E-state index contributed by atoms with van der Waals surface area (Å²) in [6.45, 7) is 0. The van der Waals surface area contributed by atoms with E-state index in [9.17, 15) is 4.39 Å². The minimum Gasteiger partial charge on any atom is -0.298 e. The molecule has 0 bridgehead atoms. The van der Waals surface area contributed by atoms with Crippen molar-refractivity contribution in [3.05, 3.63) is 35.9 Å². The van der Waals surface area contributed by atoms with Crippen LogP contribution in [0.4, 0.5) is 4.39 Å². The Morgan fingerprint density at radius 1 is 1.20 bits per heavy atom. The number of halogens is 2. The predicted molar refractivity (Wildman–Crippen MR) is 49.9 cm³/mol. The highest BCUT2D eigenvalue weighted by Gasteiger charge is 1.98. The first kappa shape index (κ1) is 9.84. The highest BCUT2D eigenvalue weighted by Crippen LogP contribution is 2.08. The van der Waals surface area contributed by atoms with Crippen molar-refractivity contribution >= 4 is 24.0 Å². The largest absolute Gasteiger partial charge is 0.298 e. The number of rotatable bonds is 1. The topological polar surface area (TPSA) is 26.0 Å². The van der Waals surface area contributed by atoms with Gasteiger partial charge < -0.3 is 0 Å². The van der Waals surface area contributed by atoms with Crippen molar-refractivity contribution in [3.63, 3.8) is 0 Å². The van der Waals surface area contributed by atoms with Gasteiger partial charge in [-0.3, -0.25) is 5.73 Å². The van der Waals surface area contributed by atoms with Crippen LogP contribution in [0, 0.1) is 0 Å². The molecule has 56 valence electrons. The molecule has 0 aliphatic heterocycles. The van der Waals surface area contributed by atoms with Crippen LogP contribution >= 0.6 is 24.0 Å². The molecule has 0 saturated heterocycles. The van der Waals surface area contributed by atoms with Crippen molar-refractivity contribution in [2.24, 2.45) is 5.73 Å². The highest BCUT2D eigenvalue weighted by atomic mass is 127. The van der Waals surface area contributed by atoms with Crippen LogP contribution in [0.25, 0.3) is 0 Å². The van der Waals surface area contributed by atoms with Gasteiger partial charge in [0.05, 0.1) is 0 Å². The molecule has 2 N–H and O–H groups in total. The predicted octanol–water partition coefficient (Wildman–Crippen LogP) is 2.23. The minimum atomic E-state index is -1.34. The van der Waals surface area contributed by atoms with Crippen LogP contribution in [0.1, 0.15) is 11.9 Å². The van der Waals surface area contributed by atoms with Crippen LogP contribution in [-0.4, -0.2) is 0 Å². The first-order valence-corrected chi connectivity index (χ1v) is 2.75. The number of hydrogen-bond donors (Lipinski definition) is 1. The Bertz CT molecular complexity index is 176. The lowest BCUT2D eigenvalue weighted by molar-refractivity contribution is 0.356. The van der Waals surface area contributed by atoms with E-state index >= 15 is 0 Å². The normalized spacial score (nSPS) is 11.8. The van der Waals surface area contributed by atoms with Crippen molar-refractivity contribution in [2.45, 2.75) is 6.30 Å². The molecule has 10 heavy (non-hydrogen) atoms. The second-order valence-corrected chi connectivity index (χ2v) is 1.81. The number of hydrogen-bond acceptors (Lipinski definition) is 1. The van der Waals surface area contributed by atoms with E-state index in [0.29, 0.717) is 5.56 Å². The lowest BCUT2D eigenvalue weighted by atomic mass is 10.2.